The first kappa shape index (κ1) is 39.5. The zero-order chi connectivity index (χ0) is 39.9. The van der Waals surface area contributed by atoms with Gasteiger partial charge in [-0.2, -0.15) is 5.10 Å². The number of hydrogen-bond donors (Lipinski definition) is 3. The van der Waals surface area contributed by atoms with E-state index in [1.807, 2.05) is 12.1 Å². The number of aromatic nitrogens is 3. The fraction of sp³-hybridized carbons (Fsp3) is 0.400. The molecule has 2 aliphatic rings. The largest absolute Gasteiger partial charge is 0.496 e. The molecule has 6 rings (SSSR count). The monoisotopic (exact) mass is 768 g/mol. The summed E-state index contributed by atoms with van der Waals surface area (Å²) in [4.78, 5) is 88.4. The van der Waals surface area contributed by atoms with Crippen molar-refractivity contribution in [3.05, 3.63) is 75.3 Å². The van der Waals surface area contributed by atoms with E-state index in [4.69, 9.17) is 14.2 Å². The van der Waals surface area contributed by atoms with Gasteiger partial charge in [0.1, 0.15) is 22.8 Å². The van der Waals surface area contributed by atoms with E-state index in [0.717, 1.165) is 21.6 Å². The number of carbonyl (C=O) groups is 6. The van der Waals surface area contributed by atoms with Gasteiger partial charge >= 0.3 is 0 Å². The lowest BCUT2D eigenvalue weighted by atomic mass is 9.92. The molecule has 16 heteroatoms. The minimum Gasteiger partial charge on any atom is -0.496 e. The number of rotatable bonds is 17. The Labute approximate surface area is 321 Å². The number of aromatic amines is 1. The van der Waals surface area contributed by atoms with E-state index in [9.17, 15) is 33.6 Å². The molecule has 1 aliphatic carbocycles. The summed E-state index contributed by atoms with van der Waals surface area (Å²) in [5, 5.41) is 13.1. The second kappa shape index (κ2) is 17.5. The number of imide groups is 1. The van der Waals surface area contributed by atoms with Gasteiger partial charge in [-0.15, -0.1) is 0 Å². The van der Waals surface area contributed by atoms with Crippen molar-refractivity contribution in [2.45, 2.75) is 57.4 Å². The van der Waals surface area contributed by atoms with Crippen molar-refractivity contribution in [3.8, 4) is 22.6 Å². The SMILES string of the molecule is COc1cc(-c2cn(C)c(=O)c3[nH]ncc23)cc(OC)c1CCCC(=O)NCCOCCNC(=O)CCc1ccc2c(c1)C(=O)N(C1CCC(=O)CC1=O)C2=O. The fourth-order valence-corrected chi connectivity index (χ4v) is 7.13. The molecule has 3 N–H and O–H groups in total. The fourth-order valence-electron chi connectivity index (χ4n) is 7.13. The number of fused-ring (bicyclic) bond motifs is 2. The van der Waals surface area contributed by atoms with Gasteiger partial charge in [-0.05, 0) is 61.1 Å². The lowest BCUT2D eigenvalue weighted by molar-refractivity contribution is -0.132. The van der Waals surface area contributed by atoms with Crippen molar-refractivity contribution in [3.63, 3.8) is 0 Å². The van der Waals surface area contributed by atoms with Gasteiger partial charge in [-0.3, -0.25) is 43.6 Å². The third kappa shape index (κ3) is 8.54. The van der Waals surface area contributed by atoms with E-state index in [0.29, 0.717) is 53.8 Å². The summed E-state index contributed by atoms with van der Waals surface area (Å²) >= 11 is 0. The van der Waals surface area contributed by atoms with Gasteiger partial charge in [0.15, 0.2) is 5.78 Å². The summed E-state index contributed by atoms with van der Waals surface area (Å²) < 4.78 is 18.5. The van der Waals surface area contributed by atoms with Crippen molar-refractivity contribution in [2.75, 3.05) is 40.5 Å². The summed E-state index contributed by atoms with van der Waals surface area (Å²) in [6.45, 7) is 1.09. The van der Waals surface area contributed by atoms with E-state index >= 15 is 0 Å². The smallest absolute Gasteiger partial charge is 0.276 e. The molecule has 1 atom stereocenters. The van der Waals surface area contributed by atoms with E-state index in [1.165, 1.54) is 4.57 Å². The zero-order valence-electron chi connectivity index (χ0n) is 31.5. The van der Waals surface area contributed by atoms with Crippen LogP contribution in [-0.2, 0) is 43.8 Å². The lowest BCUT2D eigenvalue weighted by Gasteiger charge is -2.27. The molecule has 1 unspecified atom stereocenters. The Morgan fingerprint density at radius 1 is 0.875 bits per heavy atom. The van der Waals surface area contributed by atoms with Crippen LogP contribution in [0.2, 0.25) is 0 Å². The summed E-state index contributed by atoms with van der Waals surface area (Å²) in [5.41, 5.74) is 3.73. The van der Waals surface area contributed by atoms with E-state index < -0.39 is 23.6 Å². The summed E-state index contributed by atoms with van der Waals surface area (Å²) in [6.07, 6.45) is 5.20. The van der Waals surface area contributed by atoms with Gasteiger partial charge in [0.2, 0.25) is 11.8 Å². The molecule has 0 spiro atoms. The minimum absolute atomic E-state index is 0.131. The number of Topliss-reactive ketones (excluding diaryl/α,β-unsaturated/α-hetero) is 2. The molecule has 4 aromatic rings. The average Bonchev–Trinajstić information content (AvgIpc) is 3.77. The van der Waals surface area contributed by atoms with Crippen LogP contribution >= 0.6 is 0 Å². The van der Waals surface area contributed by atoms with Crippen molar-refractivity contribution in [1.29, 1.82) is 0 Å². The highest BCUT2D eigenvalue weighted by molar-refractivity contribution is 6.23. The van der Waals surface area contributed by atoms with E-state index in [-0.39, 0.29) is 86.1 Å². The van der Waals surface area contributed by atoms with Crippen LogP contribution in [0, 0.1) is 0 Å². The predicted octanol–water partition coefficient (Wildman–Crippen LogP) is 2.44. The van der Waals surface area contributed by atoms with Crippen LogP contribution in [-0.4, -0.2) is 101 Å². The van der Waals surface area contributed by atoms with Crippen molar-refractivity contribution < 1.29 is 43.0 Å². The van der Waals surface area contributed by atoms with Crippen LogP contribution in [0.5, 0.6) is 11.5 Å². The number of pyridine rings is 1. The van der Waals surface area contributed by atoms with Gasteiger partial charge in [0.05, 0.1) is 57.2 Å². The molecular formula is C40H44N6O10. The maximum atomic E-state index is 13.1. The molecule has 0 bridgehead atoms. The molecule has 1 aliphatic heterocycles. The molecule has 4 amide bonds. The average molecular weight is 769 g/mol. The second-order valence-electron chi connectivity index (χ2n) is 13.7. The van der Waals surface area contributed by atoms with Crippen LogP contribution in [0.4, 0.5) is 0 Å². The van der Waals surface area contributed by atoms with Crippen LogP contribution in [0.3, 0.4) is 0 Å². The number of aryl methyl sites for hydroxylation is 2. The first-order chi connectivity index (χ1) is 27.0. The summed E-state index contributed by atoms with van der Waals surface area (Å²) in [6, 6.07) is 7.65. The molecule has 16 nitrogen and oxygen atoms in total. The maximum Gasteiger partial charge on any atom is 0.276 e. The highest BCUT2D eigenvalue weighted by atomic mass is 16.5. The third-order valence-electron chi connectivity index (χ3n) is 10.0. The summed E-state index contributed by atoms with van der Waals surface area (Å²) in [7, 11) is 4.82. The molecule has 1 saturated carbocycles. The molecular weight excluding hydrogens is 724 g/mol. The number of carbonyl (C=O) groups excluding carboxylic acids is 6. The number of methoxy groups -OCH3 is 2. The number of ether oxygens (including phenoxy) is 3. The van der Waals surface area contributed by atoms with E-state index in [2.05, 4.69) is 20.8 Å². The maximum absolute atomic E-state index is 13.1. The highest BCUT2D eigenvalue weighted by Crippen LogP contribution is 2.38. The van der Waals surface area contributed by atoms with Crippen LogP contribution < -0.4 is 25.7 Å². The molecule has 1 fully saturated rings. The minimum atomic E-state index is -0.929. The molecule has 3 heterocycles. The standard InChI is InChI=1S/C40H44N6O10/c1-45-22-30(29-21-43-44-37(29)40(45)53)24-18-33(54-2)27(34(19-24)55-3)5-4-6-35(49)41-13-15-56-16-14-42-36(50)12-8-23-7-10-26-28(17-23)39(52)46(38(26)51)31-11-9-25(47)20-32(31)48/h7,10,17-19,21-22,31H,4-6,8-9,11-16,20H2,1-3H3,(H,41,49)(H,42,50)(H,43,44). The van der Waals surface area contributed by atoms with Crippen LogP contribution in [0.1, 0.15) is 70.4 Å². The predicted molar refractivity (Wildman–Crippen MR) is 203 cm³/mol. The Balaban J connectivity index is 0.876. The normalized spacial score (nSPS) is 15.3. The topological polar surface area (TPSA) is 208 Å². The van der Waals surface area contributed by atoms with Gasteiger partial charge in [0, 0.05) is 62.1 Å². The Morgan fingerprint density at radius 2 is 1.55 bits per heavy atom. The molecule has 0 saturated heterocycles. The quantitative estimate of drug-likeness (QED) is 0.0808. The number of amides is 4. The van der Waals surface area contributed by atoms with Gasteiger partial charge < -0.3 is 29.4 Å². The Hall–Kier alpha value is -6.16. The van der Waals surface area contributed by atoms with Gasteiger partial charge in [-0.1, -0.05) is 6.07 Å². The lowest BCUT2D eigenvalue weighted by Crippen LogP contribution is -2.47. The van der Waals surface area contributed by atoms with Gasteiger partial charge in [0.25, 0.3) is 17.4 Å². The first-order valence-corrected chi connectivity index (χ1v) is 18.4. The van der Waals surface area contributed by atoms with Gasteiger partial charge in [-0.25, -0.2) is 0 Å². The molecule has 0 radical (unpaired) electrons. The number of nitrogens with one attached hydrogen (secondary N) is 3. The zero-order valence-corrected chi connectivity index (χ0v) is 31.5. The number of H-pyrrole nitrogens is 1. The van der Waals surface area contributed by atoms with Crippen molar-refractivity contribution >= 4 is 46.1 Å². The Morgan fingerprint density at radius 3 is 2.23 bits per heavy atom. The Bertz CT molecular complexity index is 2230. The van der Waals surface area contributed by atoms with Crippen molar-refractivity contribution in [1.82, 2.24) is 30.3 Å². The van der Waals surface area contributed by atoms with Crippen LogP contribution in [0.15, 0.2) is 47.5 Å². The molecule has 2 aromatic carbocycles. The molecule has 2 aromatic heterocycles. The number of nitrogens with zero attached hydrogens (tertiary/aromatic N) is 3. The summed E-state index contributed by atoms with van der Waals surface area (Å²) in [5.74, 6) is -0.853. The number of ketones is 2. The first-order valence-electron chi connectivity index (χ1n) is 18.4. The number of hydrogen-bond acceptors (Lipinski definition) is 11. The second-order valence-corrected chi connectivity index (χ2v) is 13.7. The van der Waals surface area contributed by atoms with Crippen molar-refractivity contribution in [2.24, 2.45) is 7.05 Å². The Kier molecular flexibility index (Phi) is 12.4. The van der Waals surface area contributed by atoms with Crippen LogP contribution in [0.25, 0.3) is 22.0 Å². The van der Waals surface area contributed by atoms with E-state index in [1.54, 1.807) is 51.9 Å². The number of benzene rings is 2. The molecule has 56 heavy (non-hydrogen) atoms. The molecule has 294 valence electrons. The highest BCUT2D eigenvalue weighted by Gasteiger charge is 2.44. The third-order valence-corrected chi connectivity index (χ3v) is 10.0.